The average molecular weight is 383 g/mol. The van der Waals surface area contributed by atoms with E-state index in [-0.39, 0.29) is 5.02 Å². The Balaban J connectivity index is 2.18. The second-order valence-electron chi connectivity index (χ2n) is 6.87. The molecule has 3 rings (SSSR count). The van der Waals surface area contributed by atoms with E-state index in [4.69, 9.17) is 27.9 Å². The van der Waals surface area contributed by atoms with Crippen LogP contribution in [0.1, 0.15) is 44.6 Å². The summed E-state index contributed by atoms with van der Waals surface area (Å²) < 4.78 is 6.05. The largest absolute Gasteiger partial charge is 0.475 e. The molecule has 1 aromatic carbocycles. The number of hydrogen-bond acceptors (Lipinski definition) is 3. The first kappa shape index (κ1) is 18.4. The van der Waals surface area contributed by atoms with Crippen LogP contribution < -0.4 is 0 Å². The summed E-state index contributed by atoms with van der Waals surface area (Å²) in [6.07, 6.45) is 6.52. The molecule has 0 bridgehead atoms. The van der Waals surface area contributed by atoms with Gasteiger partial charge in [0, 0.05) is 10.0 Å². The molecule has 0 amide bonds. The maximum absolute atomic E-state index is 12.8. The second-order valence-corrected chi connectivity index (χ2v) is 7.71. The summed E-state index contributed by atoms with van der Waals surface area (Å²) in [6, 6.07) is 4.80. The molecule has 1 unspecified atom stereocenters. The highest BCUT2D eigenvalue weighted by atomic mass is 35.5. The number of benzene rings is 1. The van der Waals surface area contributed by atoms with Gasteiger partial charge < -0.3 is 9.84 Å². The van der Waals surface area contributed by atoms with Crippen molar-refractivity contribution in [3.05, 3.63) is 45.5 Å². The summed E-state index contributed by atoms with van der Waals surface area (Å²) in [5.41, 5.74) is -0.799. The van der Waals surface area contributed by atoms with Crippen molar-refractivity contribution in [1.82, 2.24) is 0 Å². The highest BCUT2D eigenvalue weighted by Crippen LogP contribution is 2.51. The van der Waals surface area contributed by atoms with Crippen molar-refractivity contribution in [2.45, 2.75) is 50.0 Å². The molecule has 2 aliphatic rings. The minimum absolute atomic E-state index is 0.281. The minimum atomic E-state index is -1.48. The monoisotopic (exact) mass is 382 g/mol. The number of hydrogen-bond donors (Lipinski definition) is 1. The zero-order valence-electron chi connectivity index (χ0n) is 14.0. The fourth-order valence-corrected chi connectivity index (χ4v) is 4.84. The number of Topliss-reactive ketones (excluding diaryl/α,β-unsaturated/α-hetero) is 1. The molecule has 1 saturated carbocycles. The van der Waals surface area contributed by atoms with E-state index in [1.165, 1.54) is 6.07 Å². The molecule has 0 aromatic heterocycles. The number of ketones is 1. The van der Waals surface area contributed by atoms with Crippen LogP contribution in [0.25, 0.3) is 0 Å². The predicted molar refractivity (Wildman–Crippen MR) is 96.3 cm³/mol. The lowest BCUT2D eigenvalue weighted by Gasteiger charge is -2.42. The van der Waals surface area contributed by atoms with Crippen LogP contribution in [-0.2, 0) is 19.7 Å². The Labute approximate surface area is 156 Å². The molecule has 134 valence electrons. The van der Waals surface area contributed by atoms with Gasteiger partial charge in [-0.3, -0.25) is 4.79 Å². The number of carbonyl (C=O) groups excluding carboxylic acids is 1. The third kappa shape index (κ3) is 3.01. The van der Waals surface area contributed by atoms with Gasteiger partial charge in [-0.25, -0.2) is 4.79 Å². The summed E-state index contributed by atoms with van der Waals surface area (Å²) in [5.74, 6) is -2.38. The lowest BCUT2D eigenvalue weighted by molar-refractivity contribution is -0.151. The normalized spacial score (nSPS) is 21.6. The van der Waals surface area contributed by atoms with E-state index in [1.807, 2.05) is 6.08 Å². The summed E-state index contributed by atoms with van der Waals surface area (Å²) in [6.45, 7) is 2.01. The molecule has 1 N–H and O–H groups in total. The molecule has 4 nitrogen and oxygen atoms in total. The van der Waals surface area contributed by atoms with Crippen LogP contribution >= 0.6 is 23.2 Å². The summed E-state index contributed by atoms with van der Waals surface area (Å²) in [7, 11) is 0. The zero-order chi connectivity index (χ0) is 18.2. The van der Waals surface area contributed by atoms with Crippen molar-refractivity contribution < 1.29 is 19.4 Å². The standard InChI is InChI=1S/C19H20Cl2O4/c1-18(16(22)17(23)24,13-6-5-12(20)11-14(13)21)15-7-10-25-19(15)8-3-2-4-9-19/h5-7,11H,2-4,8-10H2,1H3,(H,23,24). The SMILES string of the molecule is CC(C(=O)C(=O)O)(C1=CCOC12CCCCC2)c1ccc(Cl)cc1Cl. The number of ether oxygens (including phenoxy) is 1. The molecule has 25 heavy (non-hydrogen) atoms. The Morgan fingerprint density at radius 3 is 2.48 bits per heavy atom. The van der Waals surface area contributed by atoms with E-state index in [0.717, 1.165) is 37.7 Å². The summed E-state index contributed by atoms with van der Waals surface area (Å²) in [5, 5.41) is 10.2. The quantitative estimate of drug-likeness (QED) is 0.611. The van der Waals surface area contributed by atoms with Crippen molar-refractivity contribution in [3.63, 3.8) is 0 Å². The van der Waals surface area contributed by atoms with Crippen LogP contribution in [0.3, 0.4) is 0 Å². The second kappa shape index (κ2) is 6.75. The van der Waals surface area contributed by atoms with E-state index >= 15 is 0 Å². The van der Waals surface area contributed by atoms with Crippen molar-refractivity contribution in [2.75, 3.05) is 6.61 Å². The molecule has 1 spiro atoms. The van der Waals surface area contributed by atoms with Gasteiger partial charge in [-0.1, -0.05) is 54.6 Å². The van der Waals surface area contributed by atoms with Gasteiger partial charge in [0.05, 0.1) is 17.6 Å². The van der Waals surface area contributed by atoms with Gasteiger partial charge in [-0.15, -0.1) is 0 Å². The third-order valence-electron chi connectivity index (χ3n) is 5.46. The van der Waals surface area contributed by atoms with Crippen molar-refractivity contribution >= 4 is 35.0 Å². The van der Waals surface area contributed by atoms with E-state index in [2.05, 4.69) is 0 Å². The maximum Gasteiger partial charge on any atom is 0.373 e. The molecule has 1 aliphatic heterocycles. The van der Waals surface area contributed by atoms with E-state index in [0.29, 0.717) is 17.2 Å². The number of carboxylic acid groups (broad SMARTS) is 1. The van der Waals surface area contributed by atoms with Crippen LogP contribution in [0.2, 0.25) is 10.0 Å². The highest BCUT2D eigenvalue weighted by Gasteiger charge is 2.54. The predicted octanol–water partition coefficient (Wildman–Crippen LogP) is 4.56. The lowest BCUT2D eigenvalue weighted by Crippen LogP contribution is -2.48. The Kier molecular flexibility index (Phi) is 4.97. The number of carboxylic acids is 1. The van der Waals surface area contributed by atoms with Crippen LogP contribution in [0.4, 0.5) is 0 Å². The van der Waals surface area contributed by atoms with Crippen molar-refractivity contribution in [2.24, 2.45) is 0 Å². The first-order valence-corrected chi connectivity index (χ1v) is 9.15. The topological polar surface area (TPSA) is 63.6 Å². The Morgan fingerprint density at radius 2 is 1.88 bits per heavy atom. The van der Waals surface area contributed by atoms with Gasteiger partial charge in [0.15, 0.2) is 0 Å². The molecule has 1 atom stereocenters. The summed E-state index contributed by atoms with van der Waals surface area (Å²) >= 11 is 12.4. The van der Waals surface area contributed by atoms with Gasteiger partial charge >= 0.3 is 5.97 Å². The molecule has 0 radical (unpaired) electrons. The van der Waals surface area contributed by atoms with Gasteiger partial charge in [0.2, 0.25) is 0 Å². The molecule has 1 aliphatic carbocycles. The van der Waals surface area contributed by atoms with Crippen molar-refractivity contribution in [1.29, 1.82) is 0 Å². The van der Waals surface area contributed by atoms with Gasteiger partial charge in [-0.2, -0.15) is 0 Å². The minimum Gasteiger partial charge on any atom is -0.475 e. The molecular weight excluding hydrogens is 363 g/mol. The smallest absolute Gasteiger partial charge is 0.373 e. The molecule has 0 saturated heterocycles. The number of halogens is 2. The molecule has 1 fully saturated rings. The molecule has 1 aromatic rings. The van der Waals surface area contributed by atoms with Crippen LogP contribution in [-0.4, -0.2) is 29.1 Å². The average Bonchev–Trinajstić information content (AvgIpc) is 2.97. The van der Waals surface area contributed by atoms with Crippen LogP contribution in [0.15, 0.2) is 29.8 Å². The zero-order valence-corrected chi connectivity index (χ0v) is 15.5. The van der Waals surface area contributed by atoms with E-state index in [9.17, 15) is 14.7 Å². The fraction of sp³-hybridized carbons (Fsp3) is 0.474. The molecular formula is C19H20Cl2O4. The Bertz CT molecular complexity index is 750. The van der Waals surface area contributed by atoms with Crippen LogP contribution in [0, 0.1) is 0 Å². The summed E-state index contributed by atoms with van der Waals surface area (Å²) in [4.78, 5) is 24.5. The Hall–Kier alpha value is -1.36. The molecule has 1 heterocycles. The van der Waals surface area contributed by atoms with E-state index < -0.39 is 22.8 Å². The van der Waals surface area contributed by atoms with Gasteiger partial charge in [0.25, 0.3) is 5.78 Å². The number of aliphatic carboxylic acids is 1. The Morgan fingerprint density at radius 1 is 1.20 bits per heavy atom. The maximum atomic E-state index is 12.8. The van der Waals surface area contributed by atoms with Gasteiger partial charge in [0.1, 0.15) is 0 Å². The van der Waals surface area contributed by atoms with Crippen molar-refractivity contribution in [3.8, 4) is 0 Å². The fourth-order valence-electron chi connectivity index (χ4n) is 4.24. The molecule has 6 heteroatoms. The number of carbonyl (C=O) groups is 2. The van der Waals surface area contributed by atoms with Crippen LogP contribution in [0.5, 0.6) is 0 Å². The third-order valence-corrected chi connectivity index (χ3v) is 6.00. The first-order valence-electron chi connectivity index (χ1n) is 8.39. The first-order chi connectivity index (χ1) is 11.8. The number of rotatable bonds is 4. The highest BCUT2D eigenvalue weighted by molar-refractivity contribution is 6.39. The lowest BCUT2D eigenvalue weighted by atomic mass is 9.64. The van der Waals surface area contributed by atoms with Gasteiger partial charge in [-0.05, 0) is 43.0 Å². The van der Waals surface area contributed by atoms with E-state index in [1.54, 1.807) is 19.1 Å².